The Hall–Kier alpha value is -5.06. The van der Waals surface area contributed by atoms with Crippen LogP contribution in [-0.4, -0.2) is 188 Å². The van der Waals surface area contributed by atoms with Gasteiger partial charge < -0.3 is 76.2 Å². The molecule has 0 amide bonds. The van der Waals surface area contributed by atoms with E-state index in [2.05, 4.69) is 77.9 Å². The van der Waals surface area contributed by atoms with E-state index in [0.717, 1.165) is 33.4 Å². The van der Waals surface area contributed by atoms with Crippen LogP contribution in [0.4, 0.5) is 0 Å². The lowest BCUT2D eigenvalue weighted by atomic mass is 9.66. The molecule has 2 aliphatic heterocycles. The molecule has 0 bridgehead atoms. The number of hydrogen-bond donors (Lipinski definition) is 1. The van der Waals surface area contributed by atoms with Crippen molar-refractivity contribution in [3.63, 3.8) is 0 Å². The number of carboxylic acid groups (broad SMARTS) is 1. The Morgan fingerprint density at radius 1 is 0.481 bits per heavy atom. The second-order valence-electron chi connectivity index (χ2n) is 21.3. The van der Waals surface area contributed by atoms with Crippen molar-refractivity contribution in [3.8, 4) is 28.4 Å². The summed E-state index contributed by atoms with van der Waals surface area (Å²) in [6.45, 7) is 21.5. The van der Waals surface area contributed by atoms with Crippen LogP contribution in [-0.2, 0) is 77.9 Å². The highest BCUT2D eigenvalue weighted by atomic mass is 16.6. The van der Waals surface area contributed by atoms with Gasteiger partial charge in [0.15, 0.2) is 11.5 Å². The van der Waals surface area contributed by atoms with Gasteiger partial charge >= 0.3 is 5.97 Å². The predicted molar refractivity (Wildman–Crippen MR) is 293 cm³/mol. The highest BCUT2D eigenvalue weighted by molar-refractivity contribution is 5.93. The molecule has 0 saturated carbocycles. The normalized spacial score (nSPS) is 20.7. The van der Waals surface area contributed by atoms with Crippen molar-refractivity contribution >= 4 is 12.4 Å². The van der Waals surface area contributed by atoms with Gasteiger partial charge in [-0.15, -0.1) is 0 Å². The third-order valence-electron chi connectivity index (χ3n) is 13.7. The monoisotopic (exact) mass is 1100 g/mol. The molecular weight excluding hydrogens is 1020 g/mol. The summed E-state index contributed by atoms with van der Waals surface area (Å²) < 4.78 is 88.1. The Morgan fingerprint density at radius 2 is 0.848 bits per heavy atom. The van der Waals surface area contributed by atoms with Gasteiger partial charge in [-0.1, -0.05) is 90.1 Å². The maximum Gasteiger partial charge on any atom is 0.339 e. The molecule has 4 aromatic carbocycles. The van der Waals surface area contributed by atoms with E-state index in [-0.39, 0.29) is 73.3 Å². The maximum absolute atomic E-state index is 13.6. The van der Waals surface area contributed by atoms with Crippen LogP contribution in [0, 0.1) is 0 Å². The van der Waals surface area contributed by atoms with Crippen LogP contribution in [0.5, 0.6) is 17.2 Å². The predicted octanol–water partition coefficient (Wildman–Crippen LogP) is 7.60. The van der Waals surface area contributed by atoms with E-state index in [1.54, 1.807) is 18.2 Å². The zero-order valence-corrected chi connectivity index (χ0v) is 47.0. The fourth-order valence-electron chi connectivity index (χ4n) is 9.50. The zero-order chi connectivity index (χ0) is 55.9. The molecule has 2 heterocycles. The van der Waals surface area contributed by atoms with Crippen molar-refractivity contribution in [2.75, 3.05) is 159 Å². The van der Waals surface area contributed by atoms with E-state index in [0.29, 0.717) is 137 Å². The minimum atomic E-state index is -1.19. The topological polar surface area (TPSA) is 193 Å². The highest BCUT2D eigenvalue weighted by Gasteiger charge is 2.48. The highest BCUT2D eigenvalue weighted by Crippen LogP contribution is 2.58. The lowest BCUT2D eigenvalue weighted by Gasteiger charge is -2.36. The second kappa shape index (κ2) is 31.2. The quantitative estimate of drug-likeness (QED) is 0.127. The molecule has 2 atom stereocenters. The summed E-state index contributed by atoms with van der Waals surface area (Å²) in [7, 11) is 0. The van der Waals surface area contributed by atoms with Crippen LogP contribution in [0.1, 0.15) is 85.3 Å². The fourth-order valence-corrected chi connectivity index (χ4v) is 9.50. The Morgan fingerprint density at radius 3 is 1.24 bits per heavy atom. The molecule has 0 radical (unpaired) electrons. The van der Waals surface area contributed by atoms with Gasteiger partial charge in [-0.05, 0) is 79.6 Å². The third-order valence-corrected chi connectivity index (χ3v) is 13.7. The number of benzene rings is 4. The summed E-state index contributed by atoms with van der Waals surface area (Å²) in [5, 5.41) is 11.1. The standard InChI is InChI=1S/C61H82O18/c1-59(2,3)44-7-11-50-51-12-8-45(60(4,5)6)37-54(51)61(53(50)36-44,46-9-13-55(52(35-46)58(63)64)77-41-48-39-73-29-27-69-21-19-65-15-17-67-23-25-71-31-33-75-48)47-10-14-56(57(38-47)79-43-62)78-42-49-40-74-30-28-70-22-20-66-16-18-68-24-26-72-32-34-76-49/h7-14,35-38,43,48-49H,15-34,39-42H2,1-6H3,(H,63,64). The first-order valence-corrected chi connectivity index (χ1v) is 27.5. The number of ether oxygens (including phenoxy) is 15. The van der Waals surface area contributed by atoms with Crippen molar-refractivity contribution in [3.05, 3.63) is 112 Å². The summed E-state index contributed by atoms with van der Waals surface area (Å²) >= 11 is 0. The van der Waals surface area contributed by atoms with Crippen LogP contribution in [0.15, 0.2) is 72.8 Å². The third kappa shape index (κ3) is 17.7. The number of carboxylic acids is 1. The molecule has 0 aromatic heterocycles. The minimum Gasteiger partial charge on any atom is -0.490 e. The molecule has 3 aliphatic rings. The van der Waals surface area contributed by atoms with Gasteiger partial charge in [0.1, 0.15) is 36.7 Å². The summed E-state index contributed by atoms with van der Waals surface area (Å²) in [5.74, 6) is -0.600. The van der Waals surface area contributed by atoms with E-state index >= 15 is 0 Å². The average Bonchev–Trinajstić information content (AvgIpc) is 3.50. The second-order valence-corrected chi connectivity index (χ2v) is 21.3. The molecule has 18 nitrogen and oxygen atoms in total. The van der Waals surface area contributed by atoms with Crippen molar-refractivity contribution in [2.24, 2.45) is 0 Å². The van der Waals surface area contributed by atoms with E-state index in [4.69, 9.17) is 71.1 Å². The summed E-state index contributed by atoms with van der Waals surface area (Å²) in [4.78, 5) is 26.1. The Kier molecular flexibility index (Phi) is 24.3. The van der Waals surface area contributed by atoms with Crippen LogP contribution in [0.25, 0.3) is 11.1 Å². The van der Waals surface area contributed by atoms with Gasteiger partial charge in [0, 0.05) is 0 Å². The molecule has 1 aliphatic carbocycles. The van der Waals surface area contributed by atoms with Gasteiger partial charge in [-0.2, -0.15) is 0 Å². The molecule has 2 unspecified atom stereocenters. The fraction of sp³-hybridized carbons (Fsp3) is 0.574. The first-order chi connectivity index (χ1) is 38.3. The zero-order valence-electron chi connectivity index (χ0n) is 47.0. The van der Waals surface area contributed by atoms with Gasteiger partial charge in [-0.3, -0.25) is 4.79 Å². The largest absolute Gasteiger partial charge is 0.490 e. The average molecular weight is 1100 g/mol. The summed E-state index contributed by atoms with van der Waals surface area (Å²) in [6, 6.07) is 23.9. The SMILES string of the molecule is CC(C)(C)c1ccc2c(c1)C(c1ccc(OCC3COCCOCCOCCOCCOCCO3)c(OC=O)c1)(c1ccc(OCC3COCCOCCOCCOCCOCCO3)c(C(=O)O)c1)c1cc(C(C)(C)C)ccc1-2. The number of carbonyl (C=O) groups excluding carboxylic acids is 1. The molecular formula is C61H82O18. The lowest BCUT2D eigenvalue weighted by Crippen LogP contribution is -2.31. The van der Waals surface area contributed by atoms with E-state index < -0.39 is 23.6 Å². The summed E-state index contributed by atoms with van der Waals surface area (Å²) in [5.41, 5.74) is 5.55. The van der Waals surface area contributed by atoms with Gasteiger partial charge in [-0.25, -0.2) is 4.79 Å². The smallest absolute Gasteiger partial charge is 0.339 e. The molecule has 1 N–H and O–H groups in total. The first-order valence-electron chi connectivity index (χ1n) is 27.5. The Bertz CT molecular complexity index is 2400. The van der Waals surface area contributed by atoms with Gasteiger partial charge in [0.25, 0.3) is 6.47 Å². The van der Waals surface area contributed by atoms with Crippen molar-refractivity contribution < 1.29 is 85.7 Å². The van der Waals surface area contributed by atoms with E-state index in [1.807, 2.05) is 18.2 Å². The molecule has 79 heavy (non-hydrogen) atoms. The van der Waals surface area contributed by atoms with Gasteiger partial charge in [0.2, 0.25) is 0 Å². The number of rotatable bonds is 11. The first kappa shape index (κ1) is 61.6. The van der Waals surface area contributed by atoms with E-state index in [9.17, 15) is 14.7 Å². The molecule has 2 fully saturated rings. The van der Waals surface area contributed by atoms with Gasteiger partial charge in [0.05, 0.1) is 151 Å². The summed E-state index contributed by atoms with van der Waals surface area (Å²) in [6.07, 6.45) is -1.11. The van der Waals surface area contributed by atoms with Crippen LogP contribution in [0.2, 0.25) is 0 Å². The Balaban J connectivity index is 1.26. The van der Waals surface area contributed by atoms with Crippen LogP contribution < -0.4 is 14.2 Å². The minimum absolute atomic E-state index is 0.0164. The number of carbonyl (C=O) groups is 2. The molecule has 7 rings (SSSR count). The van der Waals surface area contributed by atoms with Crippen molar-refractivity contribution in [1.29, 1.82) is 0 Å². The van der Waals surface area contributed by atoms with Crippen LogP contribution in [0.3, 0.4) is 0 Å². The van der Waals surface area contributed by atoms with E-state index in [1.165, 1.54) is 0 Å². The number of hydrogen-bond acceptors (Lipinski definition) is 17. The van der Waals surface area contributed by atoms with Crippen LogP contribution >= 0.6 is 0 Å². The number of aromatic carboxylic acids is 1. The van der Waals surface area contributed by atoms with Crippen molar-refractivity contribution in [1.82, 2.24) is 0 Å². The maximum atomic E-state index is 13.6. The molecule has 18 heteroatoms. The molecule has 4 aromatic rings. The molecule has 434 valence electrons. The number of fused-ring (bicyclic) bond motifs is 3. The molecule has 2 saturated heterocycles. The Labute approximate surface area is 465 Å². The van der Waals surface area contributed by atoms with Crippen molar-refractivity contribution in [2.45, 2.75) is 70.0 Å². The molecule has 0 spiro atoms. The lowest BCUT2D eigenvalue weighted by molar-refractivity contribution is -0.120.